The summed E-state index contributed by atoms with van der Waals surface area (Å²) in [5, 5.41) is 3.36. The Morgan fingerprint density at radius 3 is 2.59 bits per heavy atom. The highest BCUT2D eigenvalue weighted by atomic mass is 32.2. The molecule has 0 aliphatic heterocycles. The van der Waals surface area contributed by atoms with Crippen LogP contribution in [0, 0.1) is 20.8 Å². The van der Waals surface area contributed by atoms with E-state index in [4.69, 9.17) is 0 Å². The van der Waals surface area contributed by atoms with Gasteiger partial charge >= 0.3 is 0 Å². The van der Waals surface area contributed by atoms with E-state index in [1.165, 1.54) is 28.0 Å². The predicted octanol–water partition coefficient (Wildman–Crippen LogP) is 2.53. The highest BCUT2D eigenvalue weighted by molar-refractivity contribution is 7.98. The number of nitrogens with zero attached hydrogens (tertiary/aromatic N) is 2. The van der Waals surface area contributed by atoms with Crippen LogP contribution in [0.15, 0.2) is 34.2 Å². The number of hydrogen-bond donors (Lipinski definition) is 1. The Morgan fingerprint density at radius 2 is 1.95 bits per heavy atom. The van der Waals surface area contributed by atoms with Gasteiger partial charge in [-0.2, -0.15) is 0 Å². The monoisotopic (exact) mass is 317 g/mol. The molecular formula is C16H19N3O2S. The summed E-state index contributed by atoms with van der Waals surface area (Å²) in [6.45, 7) is 5.73. The minimum absolute atomic E-state index is 0.0464. The van der Waals surface area contributed by atoms with Crippen LogP contribution < -0.4 is 10.9 Å². The smallest absolute Gasteiger partial charge is 0.254 e. The lowest BCUT2D eigenvalue weighted by atomic mass is 10.1. The van der Waals surface area contributed by atoms with E-state index in [-0.39, 0.29) is 18.0 Å². The fourth-order valence-corrected chi connectivity index (χ4v) is 2.67. The first-order valence-corrected chi connectivity index (χ1v) is 8.12. The minimum Gasteiger partial charge on any atom is -0.325 e. The van der Waals surface area contributed by atoms with Crippen molar-refractivity contribution in [2.24, 2.45) is 0 Å². The van der Waals surface area contributed by atoms with Gasteiger partial charge in [0.1, 0.15) is 6.54 Å². The van der Waals surface area contributed by atoms with E-state index < -0.39 is 0 Å². The molecule has 6 heteroatoms. The molecule has 0 unspecified atom stereocenters. The van der Waals surface area contributed by atoms with Crippen LogP contribution in [0.5, 0.6) is 0 Å². The van der Waals surface area contributed by atoms with Crippen molar-refractivity contribution in [2.45, 2.75) is 32.5 Å². The summed E-state index contributed by atoms with van der Waals surface area (Å²) in [4.78, 5) is 28.5. The molecule has 0 aliphatic carbocycles. The first-order chi connectivity index (χ1) is 10.4. The molecule has 1 N–H and O–H groups in total. The molecule has 0 aliphatic rings. The summed E-state index contributed by atoms with van der Waals surface area (Å²) in [6.07, 6.45) is 1.83. The number of carbonyl (C=O) groups is 1. The summed E-state index contributed by atoms with van der Waals surface area (Å²) in [6, 6.07) is 7.16. The maximum Gasteiger partial charge on any atom is 0.254 e. The van der Waals surface area contributed by atoms with Crippen molar-refractivity contribution >= 4 is 23.4 Å². The molecule has 0 saturated carbocycles. The Balaban J connectivity index is 2.19. The zero-order chi connectivity index (χ0) is 16.3. The molecule has 1 amide bonds. The number of benzene rings is 1. The Labute approximate surface area is 133 Å². The van der Waals surface area contributed by atoms with E-state index in [0.29, 0.717) is 10.9 Å². The summed E-state index contributed by atoms with van der Waals surface area (Å²) < 4.78 is 1.38. The molecule has 116 valence electrons. The first kappa shape index (κ1) is 16.3. The zero-order valence-electron chi connectivity index (χ0n) is 13.1. The van der Waals surface area contributed by atoms with Gasteiger partial charge in [0.15, 0.2) is 5.16 Å². The summed E-state index contributed by atoms with van der Waals surface area (Å²) >= 11 is 1.35. The second kappa shape index (κ2) is 6.79. The predicted molar refractivity (Wildman–Crippen MR) is 89.6 cm³/mol. The van der Waals surface area contributed by atoms with Crippen molar-refractivity contribution in [1.82, 2.24) is 9.55 Å². The van der Waals surface area contributed by atoms with Gasteiger partial charge in [0, 0.05) is 17.4 Å². The summed E-state index contributed by atoms with van der Waals surface area (Å²) in [5.74, 6) is -0.244. The number of amides is 1. The van der Waals surface area contributed by atoms with Crippen molar-refractivity contribution in [2.75, 3.05) is 11.6 Å². The third-order valence-electron chi connectivity index (χ3n) is 3.38. The van der Waals surface area contributed by atoms with Crippen LogP contribution in [0.25, 0.3) is 0 Å². The molecule has 0 fully saturated rings. The molecule has 0 saturated heterocycles. The fraction of sp³-hybridized carbons (Fsp3) is 0.312. The number of aryl methyl sites for hydroxylation is 3. The largest absolute Gasteiger partial charge is 0.325 e. The lowest BCUT2D eigenvalue weighted by molar-refractivity contribution is -0.116. The number of thioether (sulfide) groups is 1. The van der Waals surface area contributed by atoms with E-state index in [9.17, 15) is 9.59 Å². The topological polar surface area (TPSA) is 64.0 Å². The SMILES string of the molecule is CSc1nc(C)cc(=O)n1CC(=O)Nc1ccc(C)c(C)c1. The minimum atomic E-state index is -0.244. The van der Waals surface area contributed by atoms with Crippen molar-refractivity contribution < 1.29 is 4.79 Å². The molecule has 22 heavy (non-hydrogen) atoms. The number of carbonyl (C=O) groups excluding carboxylic acids is 1. The van der Waals surface area contributed by atoms with Crippen LogP contribution in [0.4, 0.5) is 5.69 Å². The van der Waals surface area contributed by atoms with Gasteiger partial charge in [0.25, 0.3) is 5.56 Å². The van der Waals surface area contributed by atoms with Gasteiger partial charge in [-0.15, -0.1) is 0 Å². The maximum absolute atomic E-state index is 12.2. The number of anilines is 1. The highest BCUT2D eigenvalue weighted by Gasteiger charge is 2.11. The lowest BCUT2D eigenvalue weighted by Crippen LogP contribution is -2.29. The molecular weight excluding hydrogens is 298 g/mol. The number of rotatable bonds is 4. The van der Waals surface area contributed by atoms with Gasteiger partial charge in [-0.05, 0) is 50.3 Å². The van der Waals surface area contributed by atoms with Crippen LogP contribution >= 0.6 is 11.8 Å². The molecule has 2 rings (SSSR count). The van der Waals surface area contributed by atoms with Crippen LogP contribution in [0.3, 0.4) is 0 Å². The first-order valence-electron chi connectivity index (χ1n) is 6.90. The van der Waals surface area contributed by atoms with E-state index >= 15 is 0 Å². The molecule has 1 heterocycles. The van der Waals surface area contributed by atoms with Crippen LogP contribution in [0.2, 0.25) is 0 Å². The Kier molecular flexibility index (Phi) is 5.03. The van der Waals surface area contributed by atoms with E-state index in [1.54, 1.807) is 6.92 Å². The average Bonchev–Trinajstić information content (AvgIpc) is 2.45. The lowest BCUT2D eigenvalue weighted by Gasteiger charge is -2.12. The Bertz CT molecular complexity index is 768. The molecule has 1 aromatic heterocycles. The van der Waals surface area contributed by atoms with Gasteiger partial charge in [-0.1, -0.05) is 17.8 Å². The molecule has 0 spiro atoms. The van der Waals surface area contributed by atoms with E-state index in [2.05, 4.69) is 10.3 Å². The van der Waals surface area contributed by atoms with Crippen molar-refractivity contribution in [3.8, 4) is 0 Å². The third-order valence-corrected chi connectivity index (χ3v) is 4.05. The summed E-state index contributed by atoms with van der Waals surface area (Å²) in [5.41, 5.74) is 3.44. The normalized spacial score (nSPS) is 10.5. The second-order valence-electron chi connectivity index (χ2n) is 5.16. The van der Waals surface area contributed by atoms with Gasteiger partial charge in [-0.25, -0.2) is 4.98 Å². The second-order valence-corrected chi connectivity index (χ2v) is 5.93. The number of hydrogen-bond acceptors (Lipinski definition) is 4. The van der Waals surface area contributed by atoms with Crippen LogP contribution in [-0.2, 0) is 11.3 Å². The molecule has 2 aromatic rings. The molecule has 1 aromatic carbocycles. The quantitative estimate of drug-likeness (QED) is 0.695. The Hall–Kier alpha value is -2.08. The van der Waals surface area contributed by atoms with Crippen molar-refractivity contribution in [3.05, 3.63) is 51.4 Å². The van der Waals surface area contributed by atoms with Gasteiger partial charge in [-0.3, -0.25) is 14.2 Å². The van der Waals surface area contributed by atoms with E-state index in [0.717, 1.165) is 11.3 Å². The Morgan fingerprint density at radius 1 is 1.23 bits per heavy atom. The van der Waals surface area contributed by atoms with Gasteiger partial charge < -0.3 is 5.32 Å². The molecule has 0 atom stereocenters. The molecule has 0 radical (unpaired) electrons. The summed E-state index contributed by atoms with van der Waals surface area (Å²) in [7, 11) is 0. The number of nitrogens with one attached hydrogen (secondary N) is 1. The third kappa shape index (κ3) is 3.76. The number of aromatic nitrogens is 2. The van der Waals surface area contributed by atoms with Crippen LogP contribution in [0.1, 0.15) is 16.8 Å². The molecule has 0 bridgehead atoms. The van der Waals surface area contributed by atoms with Gasteiger partial charge in [0.05, 0.1) is 0 Å². The average molecular weight is 317 g/mol. The molecule has 5 nitrogen and oxygen atoms in total. The highest BCUT2D eigenvalue weighted by Crippen LogP contribution is 2.15. The zero-order valence-corrected chi connectivity index (χ0v) is 14.0. The van der Waals surface area contributed by atoms with Gasteiger partial charge in [0.2, 0.25) is 5.91 Å². The van der Waals surface area contributed by atoms with Crippen LogP contribution in [-0.4, -0.2) is 21.7 Å². The fourth-order valence-electron chi connectivity index (χ4n) is 2.06. The standard InChI is InChI=1S/C16H19N3O2S/c1-10-5-6-13(7-11(10)2)18-14(20)9-19-15(21)8-12(3)17-16(19)22-4/h5-8H,9H2,1-4H3,(H,18,20). The van der Waals surface area contributed by atoms with Crippen molar-refractivity contribution in [3.63, 3.8) is 0 Å². The van der Waals surface area contributed by atoms with E-state index in [1.807, 2.05) is 38.3 Å². The maximum atomic E-state index is 12.2. The van der Waals surface area contributed by atoms with Crippen molar-refractivity contribution in [1.29, 1.82) is 0 Å².